The fourth-order valence-electron chi connectivity index (χ4n) is 3.52. The smallest absolute Gasteiger partial charge is 0.253 e. The summed E-state index contributed by atoms with van der Waals surface area (Å²) in [4.78, 5) is 22.2. The van der Waals surface area contributed by atoms with Gasteiger partial charge in [0, 0.05) is 30.4 Å². The molecule has 3 aliphatic heterocycles. The minimum atomic E-state index is 0.0167. The number of nitrogens with one attached hydrogen (secondary N) is 2. The molecule has 104 valence electrons. The van der Waals surface area contributed by atoms with Crippen LogP contribution in [0.4, 0.5) is 0 Å². The molecule has 0 saturated carbocycles. The number of pyridine rings is 1. The van der Waals surface area contributed by atoms with Crippen molar-refractivity contribution in [3.8, 4) is 0 Å². The highest BCUT2D eigenvalue weighted by Crippen LogP contribution is 2.28. The molecule has 0 aromatic carbocycles. The number of carbonyl (C=O) groups excluding carboxylic acids is 1. The van der Waals surface area contributed by atoms with E-state index in [1.54, 1.807) is 12.4 Å². The predicted molar refractivity (Wildman–Crippen MR) is 76.5 cm³/mol. The van der Waals surface area contributed by atoms with Crippen molar-refractivity contribution in [2.45, 2.75) is 18.9 Å². The van der Waals surface area contributed by atoms with Gasteiger partial charge in [0.25, 0.3) is 5.91 Å². The molecule has 2 bridgehead atoms. The molecule has 2 aromatic rings. The quantitative estimate of drug-likeness (QED) is 0.867. The van der Waals surface area contributed by atoms with Gasteiger partial charge in [0.1, 0.15) is 5.65 Å². The van der Waals surface area contributed by atoms with Crippen LogP contribution < -0.4 is 5.32 Å². The number of aromatic amines is 1. The number of rotatable bonds is 2. The molecular weight excluding hydrogens is 252 g/mol. The van der Waals surface area contributed by atoms with Gasteiger partial charge in [-0.3, -0.25) is 4.79 Å². The number of amides is 1. The van der Waals surface area contributed by atoms with Crippen LogP contribution in [0.2, 0.25) is 0 Å². The molecule has 3 fully saturated rings. The molecule has 20 heavy (non-hydrogen) atoms. The lowest BCUT2D eigenvalue weighted by Crippen LogP contribution is -2.57. The maximum Gasteiger partial charge on any atom is 0.253 e. The minimum Gasteiger partial charge on any atom is -0.348 e. The molecule has 0 radical (unpaired) electrons. The minimum absolute atomic E-state index is 0.0167. The van der Waals surface area contributed by atoms with E-state index in [0.29, 0.717) is 17.5 Å². The molecule has 3 saturated heterocycles. The Bertz CT molecular complexity index is 642. The molecule has 1 atom stereocenters. The molecule has 1 amide bonds. The van der Waals surface area contributed by atoms with Crippen LogP contribution in [-0.2, 0) is 0 Å². The summed E-state index contributed by atoms with van der Waals surface area (Å²) in [5, 5.41) is 4.11. The van der Waals surface area contributed by atoms with Crippen molar-refractivity contribution in [3.63, 3.8) is 0 Å². The lowest BCUT2D eigenvalue weighted by atomic mass is 9.84. The van der Waals surface area contributed by atoms with E-state index in [9.17, 15) is 4.79 Å². The van der Waals surface area contributed by atoms with E-state index in [4.69, 9.17) is 0 Å². The zero-order chi connectivity index (χ0) is 13.5. The Kier molecular flexibility index (Phi) is 2.73. The van der Waals surface area contributed by atoms with Crippen LogP contribution in [0.25, 0.3) is 11.0 Å². The van der Waals surface area contributed by atoms with E-state index in [2.05, 4.69) is 20.2 Å². The monoisotopic (exact) mass is 270 g/mol. The molecule has 0 aliphatic carbocycles. The van der Waals surface area contributed by atoms with Crippen LogP contribution >= 0.6 is 0 Å². The van der Waals surface area contributed by atoms with Gasteiger partial charge in [0.15, 0.2) is 0 Å². The topological polar surface area (TPSA) is 61.0 Å². The molecule has 3 aliphatic rings. The van der Waals surface area contributed by atoms with Gasteiger partial charge < -0.3 is 15.2 Å². The summed E-state index contributed by atoms with van der Waals surface area (Å²) in [7, 11) is 0. The van der Waals surface area contributed by atoms with Crippen molar-refractivity contribution < 1.29 is 4.79 Å². The van der Waals surface area contributed by atoms with Gasteiger partial charge in [-0.05, 0) is 44.0 Å². The summed E-state index contributed by atoms with van der Waals surface area (Å²) in [5.41, 5.74) is 1.47. The summed E-state index contributed by atoms with van der Waals surface area (Å²) in [6.07, 6.45) is 5.91. The van der Waals surface area contributed by atoms with Crippen LogP contribution in [0.1, 0.15) is 23.2 Å². The third-order valence-electron chi connectivity index (χ3n) is 4.67. The van der Waals surface area contributed by atoms with Gasteiger partial charge in [-0.15, -0.1) is 0 Å². The summed E-state index contributed by atoms with van der Waals surface area (Å²) >= 11 is 0. The molecule has 5 nitrogen and oxygen atoms in total. The van der Waals surface area contributed by atoms with E-state index >= 15 is 0 Å². The van der Waals surface area contributed by atoms with Crippen molar-refractivity contribution in [3.05, 3.63) is 30.1 Å². The first-order valence-corrected chi connectivity index (χ1v) is 7.26. The highest BCUT2D eigenvalue weighted by Gasteiger charge is 2.35. The standard InChI is InChI=1S/C15H18N4O/c20-15(12-8-17-14-11(12)2-1-5-16-14)18-13-9-19-6-3-10(13)4-7-19/h1-2,5,8,10,13H,3-4,6-7,9H2,(H,16,17)(H,18,20). The number of piperidine rings is 3. The van der Waals surface area contributed by atoms with E-state index < -0.39 is 0 Å². The molecule has 0 spiro atoms. The molecular formula is C15H18N4O. The first kappa shape index (κ1) is 11.9. The summed E-state index contributed by atoms with van der Waals surface area (Å²) in [6.45, 7) is 3.37. The van der Waals surface area contributed by atoms with Gasteiger partial charge >= 0.3 is 0 Å². The largest absolute Gasteiger partial charge is 0.348 e. The van der Waals surface area contributed by atoms with E-state index in [1.165, 1.54) is 25.9 Å². The third kappa shape index (κ3) is 1.89. The van der Waals surface area contributed by atoms with Crippen molar-refractivity contribution in [1.82, 2.24) is 20.2 Å². The molecule has 1 unspecified atom stereocenters. The normalized spacial score (nSPS) is 28.7. The average Bonchev–Trinajstić information content (AvgIpc) is 2.92. The molecule has 2 N–H and O–H groups in total. The SMILES string of the molecule is O=C(NC1CN2CCC1CC2)c1c[nH]c2ncccc12. The number of nitrogens with zero attached hydrogens (tertiary/aromatic N) is 2. The second-order valence-corrected chi connectivity index (χ2v) is 5.82. The van der Waals surface area contributed by atoms with Crippen LogP contribution in [0.5, 0.6) is 0 Å². The number of fused-ring (bicyclic) bond motifs is 4. The van der Waals surface area contributed by atoms with E-state index in [1.807, 2.05) is 12.1 Å². The van der Waals surface area contributed by atoms with Gasteiger partial charge in [0.05, 0.1) is 5.56 Å². The highest BCUT2D eigenvalue weighted by molar-refractivity contribution is 6.06. The Morgan fingerprint density at radius 3 is 3.00 bits per heavy atom. The Hall–Kier alpha value is -1.88. The van der Waals surface area contributed by atoms with E-state index in [0.717, 1.165) is 17.6 Å². The summed E-state index contributed by atoms with van der Waals surface area (Å²) in [5.74, 6) is 0.662. The zero-order valence-corrected chi connectivity index (χ0v) is 11.3. The maximum atomic E-state index is 12.5. The second kappa shape index (κ2) is 4.59. The number of hydrogen-bond acceptors (Lipinski definition) is 3. The summed E-state index contributed by atoms with van der Waals surface area (Å²) < 4.78 is 0. The Balaban J connectivity index is 1.56. The van der Waals surface area contributed by atoms with Crippen molar-refractivity contribution in [2.75, 3.05) is 19.6 Å². The van der Waals surface area contributed by atoms with Crippen LogP contribution in [0, 0.1) is 5.92 Å². The van der Waals surface area contributed by atoms with Crippen LogP contribution in [0.3, 0.4) is 0 Å². The third-order valence-corrected chi connectivity index (χ3v) is 4.67. The number of H-pyrrole nitrogens is 1. The lowest BCUT2D eigenvalue weighted by Gasteiger charge is -2.44. The van der Waals surface area contributed by atoms with Crippen molar-refractivity contribution >= 4 is 16.9 Å². The molecule has 2 aromatic heterocycles. The Labute approximate surface area is 117 Å². The first-order valence-electron chi connectivity index (χ1n) is 7.26. The Morgan fingerprint density at radius 2 is 2.25 bits per heavy atom. The first-order chi connectivity index (χ1) is 9.81. The fraction of sp³-hybridized carbons (Fsp3) is 0.467. The number of carbonyl (C=O) groups is 1. The fourth-order valence-corrected chi connectivity index (χ4v) is 3.52. The summed E-state index contributed by atoms with van der Waals surface area (Å²) in [6, 6.07) is 4.09. The van der Waals surface area contributed by atoms with Crippen molar-refractivity contribution in [2.24, 2.45) is 5.92 Å². The van der Waals surface area contributed by atoms with Crippen molar-refractivity contribution in [1.29, 1.82) is 0 Å². The predicted octanol–water partition coefficient (Wildman–Crippen LogP) is 1.39. The molecule has 5 heterocycles. The number of hydrogen-bond donors (Lipinski definition) is 2. The molecule has 5 rings (SSSR count). The maximum absolute atomic E-state index is 12.5. The van der Waals surface area contributed by atoms with Gasteiger partial charge in [0.2, 0.25) is 0 Å². The lowest BCUT2D eigenvalue weighted by molar-refractivity contribution is 0.0621. The zero-order valence-electron chi connectivity index (χ0n) is 11.3. The van der Waals surface area contributed by atoms with Gasteiger partial charge in [-0.25, -0.2) is 4.98 Å². The highest BCUT2D eigenvalue weighted by atomic mass is 16.1. The number of aromatic nitrogens is 2. The van der Waals surface area contributed by atoms with Gasteiger partial charge in [-0.2, -0.15) is 0 Å². The Morgan fingerprint density at radius 1 is 1.40 bits per heavy atom. The van der Waals surface area contributed by atoms with Crippen LogP contribution in [-0.4, -0.2) is 46.5 Å². The van der Waals surface area contributed by atoms with Gasteiger partial charge in [-0.1, -0.05) is 0 Å². The average molecular weight is 270 g/mol. The van der Waals surface area contributed by atoms with Crippen LogP contribution in [0.15, 0.2) is 24.5 Å². The second-order valence-electron chi connectivity index (χ2n) is 5.82. The molecule has 5 heteroatoms. The van der Waals surface area contributed by atoms with E-state index in [-0.39, 0.29) is 5.91 Å².